The molecule has 0 aromatic carbocycles. The fourth-order valence-electron chi connectivity index (χ4n) is 1.36. The Balaban J connectivity index is 1.68. The van der Waals surface area contributed by atoms with Crippen LogP contribution in [0.25, 0.3) is 11.5 Å². The molecule has 19 heavy (non-hydrogen) atoms. The number of rotatable bonds is 4. The monoisotopic (exact) mass is 275 g/mol. The summed E-state index contributed by atoms with van der Waals surface area (Å²) in [5.41, 5.74) is 6.10. The van der Waals surface area contributed by atoms with Crippen LogP contribution in [0.3, 0.4) is 0 Å². The molecule has 0 aliphatic heterocycles. The Hall–Kier alpha value is -2.42. The second-order valence-corrected chi connectivity index (χ2v) is 4.46. The lowest BCUT2D eigenvalue weighted by atomic mass is 10.3. The molecule has 0 unspecified atom stereocenters. The van der Waals surface area contributed by atoms with Crippen molar-refractivity contribution in [2.75, 3.05) is 5.73 Å². The molecule has 0 saturated carbocycles. The molecule has 0 bridgehead atoms. The van der Waals surface area contributed by atoms with Crippen molar-refractivity contribution in [2.45, 2.75) is 10.9 Å². The van der Waals surface area contributed by atoms with Gasteiger partial charge in [-0.05, 0) is 12.1 Å². The molecular weight excluding hydrogens is 266 g/mol. The van der Waals surface area contributed by atoms with Gasteiger partial charge in [-0.3, -0.25) is 4.98 Å². The minimum absolute atomic E-state index is 0.280. The van der Waals surface area contributed by atoms with E-state index in [9.17, 15) is 0 Å². The first-order chi connectivity index (χ1) is 9.31. The summed E-state index contributed by atoms with van der Waals surface area (Å²) >= 11 is 1.35. The number of nitrogens with two attached hydrogens (primary N) is 1. The van der Waals surface area contributed by atoms with E-state index in [0.717, 1.165) is 0 Å². The van der Waals surface area contributed by atoms with Gasteiger partial charge in [0.1, 0.15) is 5.69 Å². The number of H-pyrrole nitrogens is 1. The highest BCUT2D eigenvalue weighted by molar-refractivity contribution is 7.98. The normalized spacial score (nSPS) is 10.7. The van der Waals surface area contributed by atoms with E-state index in [2.05, 4.69) is 30.3 Å². The van der Waals surface area contributed by atoms with Crippen molar-refractivity contribution in [3.63, 3.8) is 0 Å². The standard InChI is InChI=1S/C10H9N7OS/c11-9-14-10(16-15-9)19-5-7-13-8(17-18-7)6-3-1-2-4-12-6/h1-4H,5H2,(H3,11,14,15,16). The predicted molar refractivity (Wildman–Crippen MR) is 67.9 cm³/mol. The number of nitrogens with zero attached hydrogens (tertiary/aromatic N) is 5. The van der Waals surface area contributed by atoms with E-state index in [-0.39, 0.29) is 5.95 Å². The van der Waals surface area contributed by atoms with E-state index >= 15 is 0 Å². The van der Waals surface area contributed by atoms with Gasteiger partial charge in [0.05, 0.1) is 5.75 Å². The molecule has 0 aliphatic rings. The zero-order valence-electron chi connectivity index (χ0n) is 9.65. The first kappa shape index (κ1) is 11.7. The Morgan fingerprint density at radius 2 is 2.26 bits per heavy atom. The second kappa shape index (κ2) is 5.06. The smallest absolute Gasteiger partial charge is 0.237 e. The summed E-state index contributed by atoms with van der Waals surface area (Å²) in [5, 5.41) is 10.9. The van der Waals surface area contributed by atoms with Crippen molar-refractivity contribution in [1.82, 2.24) is 30.3 Å². The van der Waals surface area contributed by atoms with E-state index in [4.69, 9.17) is 10.3 Å². The van der Waals surface area contributed by atoms with Gasteiger partial charge in [-0.15, -0.1) is 5.10 Å². The average molecular weight is 275 g/mol. The lowest BCUT2D eigenvalue weighted by Gasteiger charge is -1.90. The van der Waals surface area contributed by atoms with Crippen LogP contribution in [0.15, 0.2) is 34.1 Å². The van der Waals surface area contributed by atoms with Crippen LogP contribution in [0, 0.1) is 0 Å². The van der Waals surface area contributed by atoms with E-state index in [1.807, 2.05) is 18.2 Å². The maximum atomic E-state index is 5.43. The molecule has 0 saturated heterocycles. The van der Waals surface area contributed by atoms with Gasteiger partial charge in [-0.2, -0.15) is 9.97 Å². The van der Waals surface area contributed by atoms with Crippen molar-refractivity contribution < 1.29 is 4.52 Å². The summed E-state index contributed by atoms with van der Waals surface area (Å²) in [6, 6.07) is 5.51. The molecule has 3 aromatic rings. The molecule has 3 N–H and O–H groups in total. The highest BCUT2D eigenvalue weighted by Gasteiger charge is 2.10. The van der Waals surface area contributed by atoms with Gasteiger partial charge in [-0.25, -0.2) is 5.10 Å². The molecule has 0 radical (unpaired) electrons. The Bertz CT molecular complexity index is 665. The number of thioether (sulfide) groups is 1. The number of anilines is 1. The van der Waals surface area contributed by atoms with Crippen LogP contribution in [0.2, 0.25) is 0 Å². The first-order valence-corrected chi connectivity index (χ1v) is 6.34. The van der Waals surface area contributed by atoms with Crippen molar-refractivity contribution in [2.24, 2.45) is 0 Å². The number of aromatic nitrogens is 6. The van der Waals surface area contributed by atoms with Gasteiger partial charge in [-0.1, -0.05) is 23.0 Å². The lowest BCUT2D eigenvalue weighted by Crippen LogP contribution is -1.86. The fraction of sp³-hybridized carbons (Fsp3) is 0.100. The van der Waals surface area contributed by atoms with Gasteiger partial charge in [0.15, 0.2) is 0 Å². The highest BCUT2D eigenvalue weighted by Crippen LogP contribution is 2.20. The first-order valence-electron chi connectivity index (χ1n) is 5.36. The zero-order chi connectivity index (χ0) is 13.1. The molecule has 0 atom stereocenters. The summed E-state index contributed by atoms with van der Waals surface area (Å²) in [5.74, 6) is 1.69. The number of nitrogen functional groups attached to an aromatic ring is 1. The number of hydrogen-bond donors (Lipinski definition) is 2. The average Bonchev–Trinajstić information content (AvgIpc) is 3.06. The van der Waals surface area contributed by atoms with E-state index in [1.54, 1.807) is 6.20 Å². The minimum Gasteiger partial charge on any atom is -0.368 e. The maximum Gasteiger partial charge on any atom is 0.237 e. The van der Waals surface area contributed by atoms with Gasteiger partial charge in [0, 0.05) is 6.20 Å². The van der Waals surface area contributed by atoms with Gasteiger partial charge in [0.25, 0.3) is 0 Å². The van der Waals surface area contributed by atoms with E-state index in [1.165, 1.54) is 11.8 Å². The molecular formula is C10H9N7OS. The molecule has 0 spiro atoms. The van der Waals surface area contributed by atoms with Crippen molar-refractivity contribution in [3.05, 3.63) is 30.3 Å². The topological polar surface area (TPSA) is 119 Å². The number of hydrogen-bond acceptors (Lipinski definition) is 8. The van der Waals surface area contributed by atoms with Crippen LogP contribution in [0.1, 0.15) is 5.89 Å². The Morgan fingerprint density at radius 3 is 3.00 bits per heavy atom. The van der Waals surface area contributed by atoms with E-state index in [0.29, 0.717) is 28.3 Å². The summed E-state index contributed by atoms with van der Waals surface area (Å²) in [4.78, 5) is 12.4. The summed E-state index contributed by atoms with van der Waals surface area (Å²) in [6.45, 7) is 0. The third kappa shape index (κ3) is 2.71. The minimum atomic E-state index is 0.280. The largest absolute Gasteiger partial charge is 0.368 e. The fourth-order valence-corrected chi connectivity index (χ4v) is 2.00. The van der Waals surface area contributed by atoms with Crippen molar-refractivity contribution >= 4 is 17.7 Å². The van der Waals surface area contributed by atoms with Gasteiger partial charge < -0.3 is 10.3 Å². The molecule has 3 aromatic heterocycles. The van der Waals surface area contributed by atoms with Gasteiger partial charge in [0.2, 0.25) is 22.8 Å². The lowest BCUT2D eigenvalue weighted by molar-refractivity contribution is 0.391. The molecule has 3 heterocycles. The van der Waals surface area contributed by atoms with E-state index < -0.39 is 0 Å². The molecule has 0 amide bonds. The molecule has 3 rings (SSSR count). The summed E-state index contributed by atoms with van der Waals surface area (Å²) in [7, 11) is 0. The predicted octanol–water partition coefficient (Wildman–Crippen LogP) is 1.12. The Morgan fingerprint density at radius 1 is 1.32 bits per heavy atom. The third-order valence-electron chi connectivity index (χ3n) is 2.17. The number of aromatic amines is 1. The van der Waals surface area contributed by atoms with Crippen LogP contribution in [-0.2, 0) is 5.75 Å². The third-order valence-corrected chi connectivity index (χ3v) is 3.00. The summed E-state index contributed by atoms with van der Waals surface area (Å²) in [6.07, 6.45) is 1.68. The molecule has 96 valence electrons. The second-order valence-electron chi connectivity index (χ2n) is 3.52. The Labute approximate surface area is 111 Å². The number of nitrogens with one attached hydrogen (secondary N) is 1. The number of pyridine rings is 1. The molecule has 8 nitrogen and oxygen atoms in total. The maximum absolute atomic E-state index is 5.43. The van der Waals surface area contributed by atoms with Crippen molar-refractivity contribution in [1.29, 1.82) is 0 Å². The quantitative estimate of drug-likeness (QED) is 0.680. The molecule has 0 fully saturated rings. The van der Waals surface area contributed by atoms with Crippen molar-refractivity contribution in [3.8, 4) is 11.5 Å². The zero-order valence-corrected chi connectivity index (χ0v) is 10.5. The van der Waals surface area contributed by atoms with Crippen LogP contribution < -0.4 is 5.73 Å². The van der Waals surface area contributed by atoms with Gasteiger partial charge >= 0.3 is 0 Å². The highest BCUT2D eigenvalue weighted by atomic mass is 32.2. The van der Waals surface area contributed by atoms with Crippen LogP contribution >= 0.6 is 11.8 Å². The molecule has 0 aliphatic carbocycles. The summed E-state index contributed by atoms with van der Waals surface area (Å²) < 4.78 is 5.13. The molecule has 9 heteroatoms. The van der Waals surface area contributed by atoms with Crippen LogP contribution in [0.4, 0.5) is 5.95 Å². The van der Waals surface area contributed by atoms with Crippen LogP contribution in [0.5, 0.6) is 0 Å². The van der Waals surface area contributed by atoms with Crippen LogP contribution in [-0.4, -0.2) is 30.3 Å². The Kier molecular flexibility index (Phi) is 3.11. The SMILES string of the molecule is Nc1nc(SCc2nc(-c3ccccn3)no2)n[nH]1.